The van der Waals surface area contributed by atoms with Crippen LogP contribution >= 0.6 is 0 Å². The Balaban J connectivity index is 2.27. The topological polar surface area (TPSA) is 52.4 Å². The molecule has 1 saturated heterocycles. The summed E-state index contributed by atoms with van der Waals surface area (Å²) in [5.74, 6) is 0. The summed E-state index contributed by atoms with van der Waals surface area (Å²) in [5, 5.41) is 0. The van der Waals surface area contributed by atoms with Crippen molar-refractivity contribution in [1.82, 2.24) is 0 Å². The van der Waals surface area contributed by atoms with E-state index in [0.717, 1.165) is 25.9 Å². The molecule has 0 saturated carbocycles. The van der Waals surface area contributed by atoms with E-state index in [1.165, 1.54) is 0 Å². The summed E-state index contributed by atoms with van der Waals surface area (Å²) in [6.07, 6.45) is 2.89. The normalized spacial score (nSPS) is 20.1. The molecule has 0 spiro atoms. The van der Waals surface area contributed by atoms with Gasteiger partial charge in [-0.15, -0.1) is 0 Å². The van der Waals surface area contributed by atoms with Crippen LogP contribution in [0.4, 0.5) is 0 Å². The number of aliphatic imine (C=N–C) groups is 2. The molecule has 0 N–H and O–H groups in total. The van der Waals surface area contributed by atoms with Gasteiger partial charge < -0.3 is 14.2 Å². The van der Waals surface area contributed by atoms with Crippen molar-refractivity contribution in [1.29, 1.82) is 0 Å². The Labute approximate surface area is 103 Å². The van der Waals surface area contributed by atoms with E-state index in [0.29, 0.717) is 19.8 Å². The molecule has 5 nitrogen and oxygen atoms in total. The first kappa shape index (κ1) is 14.3. The van der Waals surface area contributed by atoms with E-state index in [1.807, 2.05) is 13.8 Å². The highest BCUT2D eigenvalue weighted by Gasteiger charge is 2.11. The summed E-state index contributed by atoms with van der Waals surface area (Å²) in [6.45, 7) is 6.31. The molecule has 0 bridgehead atoms. The van der Waals surface area contributed by atoms with Crippen LogP contribution in [0.3, 0.4) is 0 Å². The van der Waals surface area contributed by atoms with Crippen LogP contribution in [0.5, 0.6) is 0 Å². The number of nitrogens with zero attached hydrogens (tertiary/aromatic N) is 2. The van der Waals surface area contributed by atoms with E-state index < -0.39 is 0 Å². The van der Waals surface area contributed by atoms with Gasteiger partial charge in [0.25, 0.3) is 0 Å². The lowest BCUT2D eigenvalue weighted by Crippen LogP contribution is -2.20. The molecule has 0 radical (unpaired) electrons. The van der Waals surface area contributed by atoms with E-state index in [9.17, 15) is 0 Å². The van der Waals surface area contributed by atoms with Gasteiger partial charge in [0.1, 0.15) is 6.54 Å². The Morgan fingerprint density at radius 1 is 1.29 bits per heavy atom. The van der Waals surface area contributed by atoms with Gasteiger partial charge in [-0.25, -0.2) is 4.99 Å². The summed E-state index contributed by atoms with van der Waals surface area (Å²) in [6, 6.07) is 2.67. The maximum absolute atomic E-state index is 5.43. The molecule has 1 fully saturated rings. The molecule has 0 aromatic heterocycles. The van der Waals surface area contributed by atoms with Crippen molar-refractivity contribution in [2.24, 2.45) is 9.98 Å². The van der Waals surface area contributed by atoms with Crippen LogP contribution in [-0.4, -0.2) is 44.9 Å². The first-order valence-corrected chi connectivity index (χ1v) is 6.33. The largest absolute Gasteiger partial charge is 0.356 e. The van der Waals surface area contributed by atoms with E-state index >= 15 is 0 Å². The van der Waals surface area contributed by atoms with Crippen molar-refractivity contribution in [2.75, 3.05) is 26.4 Å². The van der Waals surface area contributed by atoms with Gasteiger partial charge in [0.15, 0.2) is 12.5 Å². The fourth-order valence-corrected chi connectivity index (χ4v) is 1.57. The van der Waals surface area contributed by atoms with E-state index in [2.05, 4.69) is 16.0 Å². The molecule has 5 heteroatoms. The molecular weight excluding hydrogens is 220 g/mol. The highest BCUT2D eigenvalue weighted by atomic mass is 16.7. The zero-order valence-corrected chi connectivity index (χ0v) is 10.7. The van der Waals surface area contributed by atoms with E-state index in [4.69, 9.17) is 14.2 Å². The highest BCUT2D eigenvalue weighted by Crippen LogP contribution is 2.12. The SMILES string of the molecule is CCOC(CN=C=NC1CCCCO1)OCC. The lowest BCUT2D eigenvalue weighted by molar-refractivity contribution is -0.128. The maximum Gasteiger partial charge on any atom is 0.177 e. The van der Waals surface area contributed by atoms with Gasteiger partial charge in [0.05, 0.1) is 6.01 Å². The zero-order chi connectivity index (χ0) is 12.3. The maximum atomic E-state index is 5.43. The van der Waals surface area contributed by atoms with Crippen LogP contribution in [0, 0.1) is 0 Å². The van der Waals surface area contributed by atoms with Crippen molar-refractivity contribution in [3.63, 3.8) is 0 Å². The van der Waals surface area contributed by atoms with Gasteiger partial charge in [0.2, 0.25) is 0 Å². The molecule has 1 atom stereocenters. The second-order valence-corrected chi connectivity index (χ2v) is 3.73. The molecule has 0 aromatic carbocycles. The molecule has 1 aliphatic heterocycles. The monoisotopic (exact) mass is 242 g/mol. The van der Waals surface area contributed by atoms with Crippen LogP contribution in [0.1, 0.15) is 33.1 Å². The van der Waals surface area contributed by atoms with Crippen LogP contribution in [0.25, 0.3) is 0 Å². The lowest BCUT2D eigenvalue weighted by Gasteiger charge is -2.17. The minimum absolute atomic E-state index is 0.0647. The zero-order valence-electron chi connectivity index (χ0n) is 10.7. The second kappa shape index (κ2) is 9.31. The number of hydrogen-bond acceptors (Lipinski definition) is 5. The van der Waals surface area contributed by atoms with Gasteiger partial charge >= 0.3 is 0 Å². The Kier molecular flexibility index (Phi) is 7.84. The van der Waals surface area contributed by atoms with Gasteiger partial charge in [-0.05, 0) is 33.1 Å². The number of rotatable bonds is 7. The van der Waals surface area contributed by atoms with E-state index in [1.54, 1.807) is 0 Å². The minimum Gasteiger partial charge on any atom is -0.356 e. The smallest absolute Gasteiger partial charge is 0.177 e. The Hall–Kier alpha value is -0.740. The molecule has 1 aliphatic rings. The average molecular weight is 242 g/mol. The summed E-state index contributed by atoms with van der Waals surface area (Å²) in [4.78, 5) is 8.18. The molecule has 0 aromatic rings. The minimum atomic E-state index is -0.292. The Morgan fingerprint density at radius 3 is 2.65 bits per heavy atom. The summed E-state index contributed by atoms with van der Waals surface area (Å²) in [7, 11) is 0. The third kappa shape index (κ3) is 6.54. The van der Waals surface area contributed by atoms with Crippen LogP contribution in [0.15, 0.2) is 9.98 Å². The van der Waals surface area contributed by atoms with Gasteiger partial charge in [-0.2, -0.15) is 4.99 Å². The Bertz CT molecular complexity index is 240. The predicted octanol–water partition coefficient (Wildman–Crippen LogP) is 2.09. The predicted molar refractivity (Wildman–Crippen MR) is 65.4 cm³/mol. The quantitative estimate of drug-likeness (QED) is 0.507. The lowest BCUT2D eigenvalue weighted by atomic mass is 10.2. The van der Waals surface area contributed by atoms with Gasteiger partial charge in [-0.3, -0.25) is 0 Å². The first-order valence-electron chi connectivity index (χ1n) is 6.33. The van der Waals surface area contributed by atoms with Gasteiger partial charge in [-0.1, -0.05) is 0 Å². The summed E-state index contributed by atoms with van der Waals surface area (Å²) < 4.78 is 16.1. The fraction of sp³-hybridized carbons (Fsp3) is 0.917. The van der Waals surface area contributed by atoms with Crippen molar-refractivity contribution in [3.05, 3.63) is 0 Å². The third-order valence-corrected chi connectivity index (χ3v) is 2.37. The molecular formula is C12H22N2O3. The first-order chi connectivity index (χ1) is 8.36. The fourth-order valence-electron chi connectivity index (χ4n) is 1.57. The van der Waals surface area contributed by atoms with E-state index in [-0.39, 0.29) is 12.5 Å². The molecule has 0 aliphatic carbocycles. The number of ether oxygens (including phenoxy) is 3. The molecule has 17 heavy (non-hydrogen) atoms. The van der Waals surface area contributed by atoms with Gasteiger partial charge in [0, 0.05) is 19.8 Å². The van der Waals surface area contributed by atoms with Crippen LogP contribution in [0.2, 0.25) is 0 Å². The summed E-state index contributed by atoms with van der Waals surface area (Å²) in [5.41, 5.74) is 0. The standard InChI is InChI=1S/C12H22N2O3/c1-3-15-12(16-4-2)9-13-10-14-11-7-5-6-8-17-11/h11-12H,3-9H2,1-2H3. The molecule has 1 rings (SSSR count). The highest BCUT2D eigenvalue weighted by molar-refractivity contribution is 5.41. The summed E-state index contributed by atoms with van der Waals surface area (Å²) >= 11 is 0. The molecule has 0 amide bonds. The number of hydrogen-bond donors (Lipinski definition) is 0. The van der Waals surface area contributed by atoms with Crippen LogP contribution in [-0.2, 0) is 14.2 Å². The van der Waals surface area contributed by atoms with Crippen molar-refractivity contribution < 1.29 is 14.2 Å². The van der Waals surface area contributed by atoms with Crippen LogP contribution < -0.4 is 0 Å². The molecule has 98 valence electrons. The van der Waals surface area contributed by atoms with Crippen molar-refractivity contribution >= 4 is 6.01 Å². The average Bonchev–Trinajstić information content (AvgIpc) is 2.36. The van der Waals surface area contributed by atoms with Crippen molar-refractivity contribution in [3.8, 4) is 0 Å². The third-order valence-electron chi connectivity index (χ3n) is 2.37. The molecule has 1 heterocycles. The molecule has 1 unspecified atom stereocenters. The second-order valence-electron chi connectivity index (χ2n) is 3.73. The Morgan fingerprint density at radius 2 is 2.06 bits per heavy atom. The van der Waals surface area contributed by atoms with Crippen molar-refractivity contribution in [2.45, 2.75) is 45.6 Å².